The number of rotatable bonds is 8. The van der Waals surface area contributed by atoms with Crippen LogP contribution in [0.1, 0.15) is 25.8 Å². The maximum atomic E-state index is 11.4. The van der Waals surface area contributed by atoms with Crippen molar-refractivity contribution in [1.29, 1.82) is 0 Å². The summed E-state index contributed by atoms with van der Waals surface area (Å²) in [6.45, 7) is 4.01. The Hall–Kier alpha value is -0.590. The highest BCUT2D eigenvalue weighted by Crippen LogP contribution is 2.23. The predicted molar refractivity (Wildman–Crippen MR) is 85.9 cm³/mol. The molecule has 0 aliphatic carbocycles. The number of halogens is 1. The summed E-state index contributed by atoms with van der Waals surface area (Å²) in [6, 6.07) is 5.82. The third kappa shape index (κ3) is 6.24. The van der Waals surface area contributed by atoms with E-state index in [-0.39, 0.29) is 17.5 Å². The molecule has 1 atom stereocenters. The number of benzene rings is 1. The second-order valence-electron chi connectivity index (χ2n) is 4.87. The van der Waals surface area contributed by atoms with Crippen LogP contribution in [0.3, 0.4) is 0 Å². The van der Waals surface area contributed by atoms with Gasteiger partial charge >= 0.3 is 0 Å². The summed E-state index contributed by atoms with van der Waals surface area (Å²) in [7, 11) is -2.91. The highest BCUT2D eigenvalue weighted by molar-refractivity contribution is 9.10. The summed E-state index contributed by atoms with van der Waals surface area (Å²) in [5.74, 6) is 1.11. The minimum Gasteiger partial charge on any atom is -0.494 e. The molecule has 0 saturated carbocycles. The first-order valence-corrected chi connectivity index (χ1v) is 9.32. The van der Waals surface area contributed by atoms with Crippen LogP contribution in [0.2, 0.25) is 0 Å². The standard InChI is InChI=1S/C14H22BrNO3S/c1-3-20(17,18)8-4-7-19-13-5-6-14(15)12(10-13)9-11(2)16/h5-6,10-11H,3-4,7-9,16H2,1-2H3. The van der Waals surface area contributed by atoms with Crippen LogP contribution in [0, 0.1) is 0 Å². The van der Waals surface area contributed by atoms with E-state index in [1.54, 1.807) is 6.92 Å². The van der Waals surface area contributed by atoms with Crippen molar-refractivity contribution in [3.63, 3.8) is 0 Å². The van der Waals surface area contributed by atoms with Crippen LogP contribution in [0.5, 0.6) is 5.75 Å². The molecule has 0 radical (unpaired) electrons. The van der Waals surface area contributed by atoms with Gasteiger partial charge in [0.05, 0.1) is 12.4 Å². The van der Waals surface area contributed by atoms with Crippen molar-refractivity contribution >= 4 is 25.8 Å². The average molecular weight is 364 g/mol. The van der Waals surface area contributed by atoms with Gasteiger partial charge in [-0.1, -0.05) is 22.9 Å². The highest BCUT2D eigenvalue weighted by Gasteiger charge is 2.08. The van der Waals surface area contributed by atoms with Crippen LogP contribution < -0.4 is 10.5 Å². The minimum absolute atomic E-state index is 0.0799. The molecule has 0 amide bonds. The molecular weight excluding hydrogens is 342 g/mol. The zero-order valence-corrected chi connectivity index (χ0v) is 14.3. The average Bonchev–Trinajstić information content (AvgIpc) is 2.38. The maximum absolute atomic E-state index is 11.4. The Balaban J connectivity index is 2.52. The Bertz CT molecular complexity index is 529. The molecule has 6 heteroatoms. The summed E-state index contributed by atoms with van der Waals surface area (Å²) in [6.07, 6.45) is 1.27. The normalized spacial score (nSPS) is 13.2. The molecule has 0 aliphatic rings. The Morgan fingerprint density at radius 2 is 2.10 bits per heavy atom. The lowest BCUT2D eigenvalue weighted by atomic mass is 10.1. The fraction of sp³-hybridized carbons (Fsp3) is 0.571. The molecule has 20 heavy (non-hydrogen) atoms. The molecule has 1 aromatic rings. The summed E-state index contributed by atoms with van der Waals surface area (Å²) in [5.41, 5.74) is 6.90. The van der Waals surface area contributed by atoms with E-state index < -0.39 is 9.84 Å². The minimum atomic E-state index is -2.91. The fourth-order valence-corrected chi connectivity index (χ4v) is 3.01. The smallest absolute Gasteiger partial charge is 0.150 e. The van der Waals surface area contributed by atoms with Gasteiger partial charge in [-0.25, -0.2) is 8.42 Å². The lowest BCUT2D eigenvalue weighted by Gasteiger charge is -2.11. The van der Waals surface area contributed by atoms with E-state index >= 15 is 0 Å². The SMILES string of the molecule is CCS(=O)(=O)CCCOc1ccc(Br)c(CC(C)N)c1. The van der Waals surface area contributed by atoms with E-state index in [2.05, 4.69) is 15.9 Å². The van der Waals surface area contributed by atoms with Crippen LogP contribution >= 0.6 is 15.9 Å². The Labute approximate surface area is 129 Å². The largest absolute Gasteiger partial charge is 0.494 e. The molecule has 0 heterocycles. The Kier molecular flexibility index (Phi) is 6.99. The van der Waals surface area contributed by atoms with Gasteiger partial charge in [-0.3, -0.25) is 0 Å². The first-order valence-electron chi connectivity index (χ1n) is 6.71. The van der Waals surface area contributed by atoms with E-state index in [4.69, 9.17) is 10.5 Å². The van der Waals surface area contributed by atoms with Gasteiger partial charge in [0.25, 0.3) is 0 Å². The molecular formula is C14H22BrNO3S. The summed E-state index contributed by atoms with van der Waals surface area (Å²) >= 11 is 3.49. The van der Waals surface area contributed by atoms with Crippen LogP contribution in [-0.4, -0.2) is 32.6 Å². The van der Waals surface area contributed by atoms with Crippen LogP contribution in [-0.2, 0) is 16.3 Å². The van der Waals surface area contributed by atoms with Gasteiger partial charge in [0.15, 0.2) is 0 Å². The lowest BCUT2D eigenvalue weighted by Crippen LogP contribution is -2.18. The van der Waals surface area contributed by atoms with Gasteiger partial charge in [0.1, 0.15) is 15.6 Å². The lowest BCUT2D eigenvalue weighted by molar-refractivity contribution is 0.317. The molecule has 2 N–H and O–H groups in total. The third-order valence-corrected chi connectivity index (χ3v) is 5.43. The molecule has 0 spiro atoms. The molecule has 0 saturated heterocycles. The van der Waals surface area contributed by atoms with E-state index in [0.29, 0.717) is 13.0 Å². The molecule has 114 valence electrons. The summed E-state index contributed by atoms with van der Waals surface area (Å²) < 4.78 is 29.3. The quantitative estimate of drug-likeness (QED) is 0.720. The van der Waals surface area contributed by atoms with Crippen molar-refractivity contribution < 1.29 is 13.2 Å². The first-order chi connectivity index (χ1) is 9.34. The monoisotopic (exact) mass is 363 g/mol. The number of hydrogen-bond donors (Lipinski definition) is 1. The third-order valence-electron chi connectivity index (χ3n) is 2.87. The van der Waals surface area contributed by atoms with Crippen molar-refractivity contribution in [2.75, 3.05) is 18.1 Å². The van der Waals surface area contributed by atoms with Crippen molar-refractivity contribution in [3.8, 4) is 5.75 Å². The molecule has 1 unspecified atom stereocenters. The Morgan fingerprint density at radius 1 is 1.40 bits per heavy atom. The molecule has 0 aromatic heterocycles. The van der Waals surface area contributed by atoms with Gasteiger partial charge in [0, 0.05) is 16.3 Å². The fourth-order valence-electron chi connectivity index (χ4n) is 1.76. The van der Waals surface area contributed by atoms with Crippen LogP contribution in [0.25, 0.3) is 0 Å². The summed E-state index contributed by atoms with van der Waals surface area (Å²) in [5, 5.41) is 0. The number of ether oxygens (including phenoxy) is 1. The zero-order chi connectivity index (χ0) is 15.2. The van der Waals surface area contributed by atoms with Gasteiger partial charge < -0.3 is 10.5 Å². The molecule has 0 fully saturated rings. The van der Waals surface area contributed by atoms with E-state index in [0.717, 1.165) is 22.2 Å². The molecule has 4 nitrogen and oxygen atoms in total. The predicted octanol–water partition coefficient (Wildman–Crippen LogP) is 2.54. The molecule has 1 aromatic carbocycles. The first kappa shape index (κ1) is 17.5. The van der Waals surface area contributed by atoms with Crippen molar-refractivity contribution in [3.05, 3.63) is 28.2 Å². The topological polar surface area (TPSA) is 69.4 Å². The highest BCUT2D eigenvalue weighted by atomic mass is 79.9. The van der Waals surface area contributed by atoms with Gasteiger partial charge in [-0.15, -0.1) is 0 Å². The molecule has 1 rings (SSSR count). The second-order valence-corrected chi connectivity index (χ2v) is 8.20. The van der Waals surface area contributed by atoms with Crippen molar-refractivity contribution in [1.82, 2.24) is 0 Å². The number of hydrogen-bond acceptors (Lipinski definition) is 4. The van der Waals surface area contributed by atoms with Crippen LogP contribution in [0.15, 0.2) is 22.7 Å². The molecule has 0 bridgehead atoms. The van der Waals surface area contributed by atoms with Crippen molar-refractivity contribution in [2.45, 2.75) is 32.7 Å². The van der Waals surface area contributed by atoms with Gasteiger partial charge in [0.2, 0.25) is 0 Å². The Morgan fingerprint density at radius 3 is 2.70 bits per heavy atom. The second kappa shape index (κ2) is 8.00. The number of nitrogens with two attached hydrogens (primary N) is 1. The maximum Gasteiger partial charge on any atom is 0.150 e. The zero-order valence-electron chi connectivity index (χ0n) is 11.9. The number of sulfone groups is 1. The van der Waals surface area contributed by atoms with Gasteiger partial charge in [-0.2, -0.15) is 0 Å². The van der Waals surface area contributed by atoms with Crippen molar-refractivity contribution in [2.24, 2.45) is 5.73 Å². The van der Waals surface area contributed by atoms with E-state index in [1.165, 1.54) is 0 Å². The van der Waals surface area contributed by atoms with E-state index in [9.17, 15) is 8.42 Å². The summed E-state index contributed by atoms with van der Waals surface area (Å²) in [4.78, 5) is 0. The van der Waals surface area contributed by atoms with Crippen LogP contribution in [0.4, 0.5) is 0 Å². The molecule has 0 aliphatic heterocycles. The van der Waals surface area contributed by atoms with Gasteiger partial charge in [-0.05, 0) is 43.5 Å². The van der Waals surface area contributed by atoms with E-state index in [1.807, 2.05) is 25.1 Å².